The molecule has 21 heavy (non-hydrogen) atoms. The molecule has 0 aliphatic heterocycles. The first-order valence-electron chi connectivity index (χ1n) is 6.26. The van der Waals surface area contributed by atoms with E-state index in [9.17, 15) is 8.42 Å². The molecule has 1 radical (unpaired) electrons. The zero-order valence-corrected chi connectivity index (χ0v) is 12.7. The van der Waals surface area contributed by atoms with Gasteiger partial charge in [-0.2, -0.15) is 5.10 Å². The Morgan fingerprint density at radius 2 is 2.00 bits per heavy atom. The van der Waals surface area contributed by atoms with Gasteiger partial charge in [0.15, 0.2) is 27.8 Å². The van der Waals surface area contributed by atoms with Crippen LogP contribution in [0.15, 0.2) is 29.8 Å². The first-order chi connectivity index (χ1) is 9.90. The average molecular weight is 302 g/mol. The summed E-state index contributed by atoms with van der Waals surface area (Å²) in [6.07, 6.45) is 8.08. The topological polar surface area (TPSA) is 82.2 Å². The van der Waals surface area contributed by atoms with E-state index < -0.39 is 9.84 Å². The van der Waals surface area contributed by atoms with Gasteiger partial charge >= 0.3 is 0 Å². The quantitative estimate of drug-likeness (QED) is 0.632. The second-order valence-electron chi connectivity index (χ2n) is 4.77. The molecule has 0 bridgehead atoms. The molecule has 0 atom stereocenters. The molecule has 3 heterocycles. The fourth-order valence-electron chi connectivity index (χ4n) is 2.13. The van der Waals surface area contributed by atoms with Gasteiger partial charge in [0.25, 0.3) is 0 Å². The summed E-state index contributed by atoms with van der Waals surface area (Å²) in [7, 11) is 0.111. The van der Waals surface area contributed by atoms with Crippen LogP contribution in [-0.2, 0) is 16.9 Å². The van der Waals surface area contributed by atoms with Crippen molar-refractivity contribution in [3.05, 3.63) is 24.8 Å². The van der Waals surface area contributed by atoms with Gasteiger partial charge < -0.3 is 0 Å². The molecule has 0 fully saturated rings. The Morgan fingerprint density at radius 1 is 1.24 bits per heavy atom. The molecule has 9 heteroatoms. The van der Waals surface area contributed by atoms with Gasteiger partial charge in [-0.1, -0.05) is 6.82 Å². The van der Waals surface area contributed by atoms with E-state index in [1.54, 1.807) is 41.8 Å². The first kappa shape index (κ1) is 13.8. The minimum atomic E-state index is -3.46. The van der Waals surface area contributed by atoms with Crippen LogP contribution in [0.2, 0.25) is 6.82 Å². The lowest BCUT2D eigenvalue weighted by molar-refractivity contribution is 0.599. The summed E-state index contributed by atoms with van der Waals surface area (Å²) in [5, 5.41) is 4.11. The predicted octanol–water partition coefficient (Wildman–Crippen LogP) is -0.0891. The third-order valence-corrected chi connectivity index (χ3v) is 4.10. The Balaban J connectivity index is 2.36. The highest BCUT2D eigenvalue weighted by Crippen LogP contribution is 2.22. The molecule has 0 unspecified atom stereocenters. The molecule has 0 saturated heterocycles. The number of aromatic nitrogens is 5. The molecule has 0 N–H and O–H groups in total. The second kappa shape index (κ2) is 4.69. The van der Waals surface area contributed by atoms with Gasteiger partial charge in [-0.3, -0.25) is 9.08 Å². The van der Waals surface area contributed by atoms with Gasteiger partial charge in [0.05, 0.1) is 18.1 Å². The van der Waals surface area contributed by atoms with Crippen molar-refractivity contribution in [1.82, 2.24) is 24.1 Å². The fourth-order valence-corrected chi connectivity index (χ4v) is 2.89. The summed E-state index contributed by atoms with van der Waals surface area (Å²) in [6.45, 7) is 1.81. The van der Waals surface area contributed by atoms with E-state index in [1.807, 2.05) is 13.2 Å². The number of sulfone groups is 1. The van der Waals surface area contributed by atoms with E-state index in [2.05, 4.69) is 15.1 Å². The summed E-state index contributed by atoms with van der Waals surface area (Å²) in [5.41, 5.74) is 2.53. The van der Waals surface area contributed by atoms with E-state index in [-0.39, 0.29) is 5.03 Å². The Kier molecular flexibility index (Phi) is 3.09. The first-order valence-corrected chi connectivity index (χ1v) is 8.16. The monoisotopic (exact) mass is 302 g/mol. The molecule has 3 rings (SSSR count). The molecule has 107 valence electrons. The number of hydrogen-bond donors (Lipinski definition) is 0. The van der Waals surface area contributed by atoms with Crippen LogP contribution < -0.4 is 5.59 Å². The van der Waals surface area contributed by atoms with Crippen LogP contribution in [0.1, 0.15) is 0 Å². The van der Waals surface area contributed by atoms with Crippen molar-refractivity contribution in [2.24, 2.45) is 7.05 Å². The zero-order chi connectivity index (χ0) is 15.2. The highest BCUT2D eigenvalue weighted by molar-refractivity contribution is 7.90. The van der Waals surface area contributed by atoms with E-state index in [4.69, 9.17) is 0 Å². The fraction of sp³-hybridized carbons (Fsp3) is 0.250. The summed E-state index contributed by atoms with van der Waals surface area (Å²) >= 11 is 0. The van der Waals surface area contributed by atoms with Crippen molar-refractivity contribution >= 4 is 28.4 Å². The van der Waals surface area contributed by atoms with Gasteiger partial charge in [-0.25, -0.2) is 18.4 Å². The molecule has 7 nitrogen and oxygen atoms in total. The highest BCUT2D eigenvalue weighted by Gasteiger charge is 2.19. The summed E-state index contributed by atoms with van der Waals surface area (Å²) < 4.78 is 27.3. The van der Waals surface area contributed by atoms with E-state index in [1.165, 1.54) is 0 Å². The number of fused-ring (bicyclic) bond motifs is 1. The summed E-state index contributed by atoms with van der Waals surface area (Å²) in [5.74, 6) is 0. The predicted molar refractivity (Wildman–Crippen MR) is 79.6 cm³/mol. The number of nitrogens with zero attached hydrogens (tertiary/aromatic N) is 5. The molecule has 0 amide bonds. The van der Waals surface area contributed by atoms with Gasteiger partial charge in [0, 0.05) is 36.9 Å². The summed E-state index contributed by atoms with van der Waals surface area (Å²) in [4.78, 5) is 8.37. The second-order valence-corrected chi connectivity index (χ2v) is 6.70. The van der Waals surface area contributed by atoms with Crippen LogP contribution in [-0.4, -0.2) is 46.1 Å². The zero-order valence-electron chi connectivity index (χ0n) is 11.8. The Hall–Kier alpha value is -2.16. The van der Waals surface area contributed by atoms with E-state index in [0.29, 0.717) is 11.2 Å². The minimum absolute atomic E-state index is 0.0201. The standard InChI is InChI=1S/C12H13BN5O2S/c1-13-10-7-18-9(8-4-15-17(2)6-8)5-14-11(18)12(16-10)21(3,19)20/h4-7H,1-3H3. The van der Waals surface area contributed by atoms with Crippen molar-refractivity contribution in [3.63, 3.8) is 0 Å². The number of hydrogen-bond acceptors (Lipinski definition) is 5. The molecular formula is C12H13BN5O2S. The third kappa shape index (κ3) is 2.33. The van der Waals surface area contributed by atoms with Crippen molar-refractivity contribution in [2.75, 3.05) is 6.26 Å². The highest BCUT2D eigenvalue weighted by atomic mass is 32.2. The molecule has 0 spiro atoms. The van der Waals surface area contributed by atoms with Crippen LogP contribution >= 0.6 is 0 Å². The van der Waals surface area contributed by atoms with Crippen LogP contribution in [0.4, 0.5) is 0 Å². The molecule has 3 aromatic rings. The lowest BCUT2D eigenvalue weighted by atomic mass is 9.78. The van der Waals surface area contributed by atoms with Crippen molar-refractivity contribution in [1.29, 1.82) is 0 Å². The molecule has 0 aliphatic rings. The number of imidazole rings is 1. The number of aryl methyl sites for hydroxylation is 1. The Bertz CT molecular complexity index is 928. The van der Waals surface area contributed by atoms with Crippen LogP contribution in [0.5, 0.6) is 0 Å². The number of rotatable bonds is 3. The van der Waals surface area contributed by atoms with Crippen molar-refractivity contribution in [2.45, 2.75) is 11.8 Å². The molecule has 0 saturated carbocycles. The van der Waals surface area contributed by atoms with Gasteiger partial charge in [0.2, 0.25) is 0 Å². The smallest absolute Gasteiger partial charge is 0.197 e. The molecule has 3 aromatic heterocycles. The maximum atomic E-state index is 11.9. The lowest BCUT2D eigenvalue weighted by Crippen LogP contribution is -2.21. The van der Waals surface area contributed by atoms with Crippen molar-refractivity contribution in [3.8, 4) is 11.3 Å². The minimum Gasteiger partial charge on any atom is -0.296 e. The van der Waals surface area contributed by atoms with Gasteiger partial charge in [0.1, 0.15) is 0 Å². The average Bonchev–Trinajstić information content (AvgIpc) is 3.01. The van der Waals surface area contributed by atoms with E-state index >= 15 is 0 Å². The maximum absolute atomic E-state index is 11.9. The van der Waals surface area contributed by atoms with Crippen LogP contribution in [0, 0.1) is 0 Å². The SMILES string of the molecule is C[B]c1cn2c(-c3cnn(C)c3)cnc2c(S(C)(=O)=O)n1. The molecular weight excluding hydrogens is 289 g/mol. The Labute approximate surface area is 122 Å². The Morgan fingerprint density at radius 3 is 2.57 bits per heavy atom. The molecule has 0 aliphatic carbocycles. The van der Waals surface area contributed by atoms with Gasteiger partial charge in [-0.05, 0) is 0 Å². The van der Waals surface area contributed by atoms with E-state index in [0.717, 1.165) is 17.5 Å². The summed E-state index contributed by atoms with van der Waals surface area (Å²) in [6, 6.07) is 0. The molecule has 0 aromatic carbocycles. The maximum Gasteiger partial charge on any atom is 0.197 e. The van der Waals surface area contributed by atoms with Crippen molar-refractivity contribution < 1.29 is 8.42 Å². The lowest BCUT2D eigenvalue weighted by Gasteiger charge is -2.06. The van der Waals surface area contributed by atoms with Gasteiger partial charge in [-0.15, -0.1) is 0 Å². The van der Waals surface area contributed by atoms with Crippen LogP contribution in [0.25, 0.3) is 16.9 Å². The third-order valence-electron chi connectivity index (χ3n) is 3.13. The largest absolute Gasteiger partial charge is 0.296 e. The normalized spacial score (nSPS) is 12.0. The van der Waals surface area contributed by atoms with Crippen LogP contribution in [0.3, 0.4) is 0 Å².